The summed E-state index contributed by atoms with van der Waals surface area (Å²) in [5, 5.41) is 4.39. The highest BCUT2D eigenvalue weighted by Crippen LogP contribution is 2.17. The Balaban J connectivity index is 2.15. The van der Waals surface area contributed by atoms with Crippen LogP contribution in [0.2, 0.25) is 0 Å². The third kappa shape index (κ3) is 2.63. The summed E-state index contributed by atoms with van der Waals surface area (Å²) < 4.78 is 1.67. The molecule has 0 N–H and O–H groups in total. The maximum atomic E-state index is 12.3. The number of nitrogens with zero attached hydrogens (tertiary/aromatic N) is 3. The summed E-state index contributed by atoms with van der Waals surface area (Å²) in [5.74, 6) is 0.0463. The van der Waals surface area contributed by atoms with Crippen LogP contribution in [0.4, 0.5) is 0 Å². The first-order chi connectivity index (χ1) is 8.11. The monoisotopic (exact) mass is 255 g/mol. The number of hydrogen-bond acceptors (Lipinski definition) is 2. The van der Waals surface area contributed by atoms with Gasteiger partial charge in [0.15, 0.2) is 0 Å². The zero-order valence-corrected chi connectivity index (χ0v) is 11.1. The molecular formula is C12H18ClN3O. The lowest BCUT2D eigenvalue weighted by molar-refractivity contribution is 0.0716. The maximum Gasteiger partial charge on any atom is 0.272 e. The molecule has 4 nitrogen and oxygen atoms in total. The summed E-state index contributed by atoms with van der Waals surface area (Å²) in [4.78, 5) is 14.1. The fourth-order valence-electron chi connectivity index (χ4n) is 2.17. The van der Waals surface area contributed by atoms with Crippen molar-refractivity contribution in [3.63, 3.8) is 0 Å². The Kier molecular flexibility index (Phi) is 3.72. The Bertz CT molecular complexity index is 416. The molecule has 0 spiro atoms. The average Bonchev–Trinajstić information content (AvgIpc) is 2.69. The van der Waals surface area contributed by atoms with Gasteiger partial charge in [0, 0.05) is 20.1 Å². The highest BCUT2D eigenvalue weighted by atomic mass is 35.5. The summed E-state index contributed by atoms with van der Waals surface area (Å²) >= 11 is 6.10. The lowest BCUT2D eigenvalue weighted by Gasteiger charge is -2.29. The van der Waals surface area contributed by atoms with E-state index in [2.05, 4.69) is 5.10 Å². The van der Waals surface area contributed by atoms with E-state index in [0.717, 1.165) is 31.5 Å². The van der Waals surface area contributed by atoms with E-state index in [1.807, 2.05) is 24.9 Å². The largest absolute Gasteiger partial charge is 0.336 e. The Hall–Kier alpha value is -1.03. The van der Waals surface area contributed by atoms with Gasteiger partial charge in [0.05, 0.1) is 11.1 Å². The third-order valence-electron chi connectivity index (χ3n) is 3.16. The molecule has 0 saturated carbocycles. The van der Waals surface area contributed by atoms with Crippen molar-refractivity contribution in [1.82, 2.24) is 14.7 Å². The molecule has 2 heterocycles. The van der Waals surface area contributed by atoms with Crippen LogP contribution in [0, 0.1) is 0 Å². The van der Waals surface area contributed by atoms with Crippen LogP contribution >= 0.6 is 11.6 Å². The average molecular weight is 256 g/mol. The second-order valence-electron chi connectivity index (χ2n) is 4.49. The molecule has 1 amide bonds. The molecule has 1 atom stereocenters. The van der Waals surface area contributed by atoms with Crippen LogP contribution in [-0.4, -0.2) is 39.1 Å². The standard InChI is InChI=1S/C12H18ClN3O/c1-3-10-7-11(15(2)14-10)12(17)16-6-4-5-9(13)8-16/h7,9H,3-6,8H2,1-2H3. The number of piperidine rings is 1. The van der Waals surface area contributed by atoms with E-state index < -0.39 is 0 Å². The molecular weight excluding hydrogens is 238 g/mol. The molecule has 1 unspecified atom stereocenters. The molecule has 0 aliphatic carbocycles. The van der Waals surface area contributed by atoms with Gasteiger partial charge in [0.25, 0.3) is 5.91 Å². The van der Waals surface area contributed by atoms with Crippen molar-refractivity contribution in [2.75, 3.05) is 13.1 Å². The molecule has 1 fully saturated rings. The van der Waals surface area contributed by atoms with Crippen LogP contribution < -0.4 is 0 Å². The minimum Gasteiger partial charge on any atom is -0.336 e. The predicted octanol–water partition coefficient (Wildman–Crippen LogP) is 1.83. The number of aromatic nitrogens is 2. The smallest absolute Gasteiger partial charge is 0.272 e. The Morgan fingerprint density at radius 3 is 3.00 bits per heavy atom. The molecule has 1 aliphatic heterocycles. The van der Waals surface area contributed by atoms with Crippen LogP contribution in [0.1, 0.15) is 35.9 Å². The molecule has 0 bridgehead atoms. The Morgan fingerprint density at radius 2 is 2.41 bits per heavy atom. The Labute approximate surface area is 107 Å². The fourth-order valence-corrected chi connectivity index (χ4v) is 2.49. The molecule has 94 valence electrons. The molecule has 0 aromatic carbocycles. The van der Waals surface area contributed by atoms with E-state index in [4.69, 9.17) is 11.6 Å². The summed E-state index contributed by atoms with van der Waals surface area (Å²) in [5.41, 5.74) is 1.61. The van der Waals surface area contributed by atoms with Crippen molar-refractivity contribution in [3.8, 4) is 0 Å². The van der Waals surface area contributed by atoms with E-state index >= 15 is 0 Å². The van der Waals surface area contributed by atoms with Crippen LogP contribution in [0.15, 0.2) is 6.07 Å². The number of likely N-dealkylation sites (tertiary alicyclic amines) is 1. The predicted molar refractivity (Wildman–Crippen MR) is 67.4 cm³/mol. The van der Waals surface area contributed by atoms with Crippen LogP contribution in [0.5, 0.6) is 0 Å². The molecule has 2 rings (SSSR count). The highest BCUT2D eigenvalue weighted by molar-refractivity contribution is 6.21. The normalized spacial score (nSPS) is 20.6. The number of hydrogen-bond donors (Lipinski definition) is 0. The van der Waals surface area contributed by atoms with Crippen molar-refractivity contribution in [1.29, 1.82) is 0 Å². The van der Waals surface area contributed by atoms with E-state index in [1.54, 1.807) is 4.68 Å². The number of carbonyl (C=O) groups is 1. The third-order valence-corrected chi connectivity index (χ3v) is 3.52. The van der Waals surface area contributed by atoms with Gasteiger partial charge in [0.1, 0.15) is 5.69 Å². The number of carbonyl (C=O) groups excluding carboxylic acids is 1. The van der Waals surface area contributed by atoms with E-state index in [-0.39, 0.29) is 11.3 Å². The van der Waals surface area contributed by atoms with E-state index in [1.165, 1.54) is 0 Å². The lowest BCUT2D eigenvalue weighted by atomic mass is 10.1. The van der Waals surface area contributed by atoms with Crippen molar-refractivity contribution < 1.29 is 4.79 Å². The molecule has 1 aromatic heterocycles. The van der Waals surface area contributed by atoms with Gasteiger partial charge in [-0.1, -0.05) is 6.92 Å². The maximum absolute atomic E-state index is 12.3. The second-order valence-corrected chi connectivity index (χ2v) is 5.11. The SMILES string of the molecule is CCc1cc(C(=O)N2CCCC(Cl)C2)n(C)n1. The van der Waals surface area contributed by atoms with E-state index in [0.29, 0.717) is 12.2 Å². The number of rotatable bonds is 2. The first kappa shape index (κ1) is 12.4. The molecule has 17 heavy (non-hydrogen) atoms. The summed E-state index contributed by atoms with van der Waals surface area (Å²) in [7, 11) is 1.81. The van der Waals surface area contributed by atoms with Crippen molar-refractivity contribution in [3.05, 3.63) is 17.5 Å². The molecule has 5 heteroatoms. The first-order valence-electron chi connectivity index (χ1n) is 6.08. The van der Waals surface area contributed by atoms with E-state index in [9.17, 15) is 4.79 Å². The van der Waals surface area contributed by atoms with Crippen LogP contribution in [0.3, 0.4) is 0 Å². The molecule has 1 saturated heterocycles. The topological polar surface area (TPSA) is 38.1 Å². The number of amides is 1. The van der Waals surface area contributed by atoms with Crippen LogP contribution in [0.25, 0.3) is 0 Å². The summed E-state index contributed by atoms with van der Waals surface area (Å²) in [6.07, 6.45) is 2.83. The summed E-state index contributed by atoms with van der Waals surface area (Å²) in [6.45, 7) is 3.48. The van der Waals surface area contributed by atoms with Gasteiger partial charge in [-0.05, 0) is 25.3 Å². The molecule has 0 radical (unpaired) electrons. The number of aryl methyl sites for hydroxylation is 2. The first-order valence-corrected chi connectivity index (χ1v) is 6.51. The minimum absolute atomic E-state index is 0.0463. The van der Waals surface area contributed by atoms with Crippen LogP contribution in [-0.2, 0) is 13.5 Å². The minimum atomic E-state index is 0.0463. The quantitative estimate of drug-likeness (QED) is 0.757. The Morgan fingerprint density at radius 1 is 1.65 bits per heavy atom. The van der Waals surface area contributed by atoms with Gasteiger partial charge in [-0.2, -0.15) is 5.10 Å². The highest BCUT2D eigenvalue weighted by Gasteiger charge is 2.25. The number of halogens is 1. The molecule has 1 aromatic rings. The van der Waals surface area contributed by atoms with Gasteiger partial charge < -0.3 is 4.90 Å². The number of alkyl halides is 1. The fraction of sp³-hybridized carbons (Fsp3) is 0.667. The van der Waals surface area contributed by atoms with Gasteiger partial charge in [0.2, 0.25) is 0 Å². The van der Waals surface area contributed by atoms with Crippen molar-refractivity contribution in [2.45, 2.75) is 31.6 Å². The zero-order valence-electron chi connectivity index (χ0n) is 10.3. The zero-order chi connectivity index (χ0) is 12.4. The van der Waals surface area contributed by atoms with Gasteiger partial charge >= 0.3 is 0 Å². The van der Waals surface area contributed by atoms with Gasteiger partial charge in [-0.15, -0.1) is 11.6 Å². The van der Waals surface area contributed by atoms with Crippen molar-refractivity contribution >= 4 is 17.5 Å². The second kappa shape index (κ2) is 5.08. The summed E-state index contributed by atoms with van der Waals surface area (Å²) in [6, 6.07) is 1.88. The lowest BCUT2D eigenvalue weighted by Crippen LogP contribution is -2.41. The van der Waals surface area contributed by atoms with Crippen molar-refractivity contribution in [2.24, 2.45) is 7.05 Å². The van der Waals surface area contributed by atoms with Gasteiger partial charge in [-0.25, -0.2) is 0 Å². The van der Waals surface area contributed by atoms with Gasteiger partial charge in [-0.3, -0.25) is 9.48 Å². The molecule has 1 aliphatic rings.